The van der Waals surface area contributed by atoms with Crippen LogP contribution in [0.15, 0.2) is 35.7 Å². The van der Waals surface area contributed by atoms with Crippen LogP contribution in [0.1, 0.15) is 34.0 Å². The van der Waals surface area contributed by atoms with E-state index < -0.39 is 0 Å². The summed E-state index contributed by atoms with van der Waals surface area (Å²) in [6.07, 6.45) is 0.713. The first-order valence-electron chi connectivity index (χ1n) is 8.58. The van der Waals surface area contributed by atoms with E-state index in [4.69, 9.17) is 23.2 Å². The van der Waals surface area contributed by atoms with Crippen molar-refractivity contribution in [3.63, 3.8) is 0 Å². The Bertz CT molecular complexity index is 829. The Balaban J connectivity index is 1.63. The molecule has 4 nitrogen and oxygen atoms in total. The van der Waals surface area contributed by atoms with Gasteiger partial charge in [0.25, 0.3) is 5.91 Å². The molecule has 1 fully saturated rings. The van der Waals surface area contributed by atoms with Gasteiger partial charge in [-0.3, -0.25) is 9.59 Å². The average Bonchev–Trinajstić information content (AvgIpc) is 3.27. The van der Waals surface area contributed by atoms with E-state index in [0.717, 1.165) is 10.4 Å². The van der Waals surface area contributed by atoms with E-state index in [2.05, 4.69) is 0 Å². The zero-order valence-electron chi connectivity index (χ0n) is 15.0. The molecule has 0 aliphatic carbocycles. The maximum Gasteiger partial charge on any atom is 0.263 e. The van der Waals surface area contributed by atoms with Gasteiger partial charge in [0.05, 0.1) is 20.2 Å². The molecule has 2 amide bonds. The largest absolute Gasteiger partial charge is 0.341 e. The van der Waals surface area contributed by atoms with Gasteiger partial charge in [-0.15, -0.1) is 23.1 Å². The number of thiophene rings is 1. The minimum atomic E-state index is -0.102. The summed E-state index contributed by atoms with van der Waals surface area (Å²) in [6.45, 7) is 3.10. The summed E-state index contributed by atoms with van der Waals surface area (Å²) in [5.41, 5.74) is 0.968. The van der Waals surface area contributed by atoms with Crippen LogP contribution in [0.2, 0.25) is 10.0 Å². The summed E-state index contributed by atoms with van der Waals surface area (Å²) < 4.78 is 0. The molecule has 2 aromatic rings. The lowest BCUT2D eigenvalue weighted by Gasteiger charge is -2.25. The molecule has 1 aliphatic rings. The van der Waals surface area contributed by atoms with Gasteiger partial charge >= 0.3 is 0 Å². The van der Waals surface area contributed by atoms with Gasteiger partial charge in [0.1, 0.15) is 5.37 Å². The molecule has 1 aliphatic heterocycles. The van der Waals surface area contributed by atoms with Crippen molar-refractivity contribution in [1.82, 2.24) is 9.80 Å². The van der Waals surface area contributed by atoms with Gasteiger partial charge in [-0.05, 0) is 42.5 Å². The molecule has 0 saturated carbocycles. The number of halogens is 2. The van der Waals surface area contributed by atoms with Crippen LogP contribution in [0.5, 0.6) is 0 Å². The van der Waals surface area contributed by atoms with Gasteiger partial charge in [-0.25, -0.2) is 0 Å². The molecule has 0 radical (unpaired) electrons. The van der Waals surface area contributed by atoms with Crippen molar-refractivity contribution in [2.45, 2.75) is 24.0 Å². The molecular weight excluding hydrogens is 423 g/mol. The number of carbonyl (C=O) groups excluding carboxylic acids is 2. The Morgan fingerprint density at radius 2 is 2.04 bits per heavy atom. The van der Waals surface area contributed by atoms with E-state index in [0.29, 0.717) is 29.6 Å². The number of amides is 2. The first kappa shape index (κ1) is 20.5. The molecule has 0 N–H and O–H groups in total. The number of rotatable bonds is 6. The summed E-state index contributed by atoms with van der Waals surface area (Å²) in [7, 11) is 1.79. The SMILES string of the molecule is CC1SC(c2ccc(Cl)c(Cl)c2)N(CCCN(C)C(=O)c2cccs2)C1=O. The van der Waals surface area contributed by atoms with Crippen molar-refractivity contribution in [2.24, 2.45) is 0 Å². The van der Waals surface area contributed by atoms with E-state index in [1.165, 1.54) is 11.3 Å². The maximum absolute atomic E-state index is 12.6. The fourth-order valence-corrected chi connectivity index (χ4v) is 5.32. The molecule has 27 heavy (non-hydrogen) atoms. The van der Waals surface area contributed by atoms with Crippen molar-refractivity contribution >= 4 is 58.1 Å². The van der Waals surface area contributed by atoms with Gasteiger partial charge in [-0.1, -0.05) is 35.3 Å². The molecule has 0 bridgehead atoms. The number of carbonyl (C=O) groups is 2. The normalized spacial score (nSPS) is 19.6. The highest BCUT2D eigenvalue weighted by atomic mass is 35.5. The van der Waals surface area contributed by atoms with Crippen molar-refractivity contribution in [3.05, 3.63) is 56.2 Å². The third-order valence-electron chi connectivity index (χ3n) is 4.45. The first-order chi connectivity index (χ1) is 12.9. The Hall–Kier alpha value is -1.21. The third-order valence-corrected chi connectivity index (χ3v) is 7.44. The maximum atomic E-state index is 12.6. The molecule has 1 saturated heterocycles. The Morgan fingerprint density at radius 1 is 1.26 bits per heavy atom. The predicted molar refractivity (Wildman–Crippen MR) is 114 cm³/mol. The molecule has 2 atom stereocenters. The lowest BCUT2D eigenvalue weighted by Crippen LogP contribution is -2.34. The van der Waals surface area contributed by atoms with Crippen LogP contribution in [0, 0.1) is 0 Å². The fraction of sp³-hybridized carbons (Fsp3) is 0.368. The van der Waals surface area contributed by atoms with Crippen molar-refractivity contribution in [1.29, 1.82) is 0 Å². The molecule has 1 aromatic carbocycles. The second-order valence-corrected chi connectivity index (χ2v) is 9.58. The van der Waals surface area contributed by atoms with Gasteiger partial charge in [-0.2, -0.15) is 0 Å². The monoisotopic (exact) mass is 442 g/mol. The summed E-state index contributed by atoms with van der Waals surface area (Å²) in [5, 5.41) is 2.70. The highest BCUT2D eigenvalue weighted by Gasteiger charge is 2.38. The Labute approximate surface area is 177 Å². The molecule has 1 aromatic heterocycles. The number of hydrogen-bond acceptors (Lipinski definition) is 4. The highest BCUT2D eigenvalue weighted by Crippen LogP contribution is 2.44. The van der Waals surface area contributed by atoms with E-state index >= 15 is 0 Å². The number of thioether (sulfide) groups is 1. The topological polar surface area (TPSA) is 40.6 Å². The van der Waals surface area contributed by atoms with Gasteiger partial charge < -0.3 is 9.80 Å². The van der Waals surface area contributed by atoms with Crippen molar-refractivity contribution in [3.8, 4) is 0 Å². The Morgan fingerprint density at radius 3 is 2.70 bits per heavy atom. The van der Waals surface area contributed by atoms with Gasteiger partial charge in [0.15, 0.2) is 0 Å². The van der Waals surface area contributed by atoms with Crippen LogP contribution < -0.4 is 0 Å². The van der Waals surface area contributed by atoms with Crippen LogP contribution in [-0.2, 0) is 4.79 Å². The van der Waals surface area contributed by atoms with Crippen molar-refractivity contribution in [2.75, 3.05) is 20.1 Å². The third kappa shape index (κ3) is 4.62. The van der Waals surface area contributed by atoms with E-state index in [9.17, 15) is 9.59 Å². The summed E-state index contributed by atoms with van der Waals surface area (Å²) >= 11 is 15.2. The van der Waals surface area contributed by atoms with Crippen LogP contribution >= 0.6 is 46.3 Å². The minimum absolute atomic E-state index is 0.0153. The lowest BCUT2D eigenvalue weighted by atomic mass is 10.2. The molecule has 2 unspecified atom stereocenters. The first-order valence-corrected chi connectivity index (χ1v) is 11.2. The smallest absolute Gasteiger partial charge is 0.263 e. The minimum Gasteiger partial charge on any atom is -0.341 e. The molecule has 0 spiro atoms. The summed E-state index contributed by atoms with van der Waals surface area (Å²) in [4.78, 5) is 29.2. The second kappa shape index (κ2) is 8.86. The predicted octanol–water partition coefficient (Wildman–Crippen LogP) is 5.18. The molecule has 2 heterocycles. The van der Waals surface area contributed by atoms with E-state index in [1.54, 1.807) is 29.8 Å². The van der Waals surface area contributed by atoms with Gasteiger partial charge in [0, 0.05) is 20.1 Å². The van der Waals surface area contributed by atoms with E-state index in [1.807, 2.05) is 41.5 Å². The van der Waals surface area contributed by atoms with Crippen LogP contribution in [0.25, 0.3) is 0 Å². The van der Waals surface area contributed by atoms with E-state index in [-0.39, 0.29) is 22.4 Å². The van der Waals surface area contributed by atoms with Crippen molar-refractivity contribution < 1.29 is 9.59 Å². The summed E-state index contributed by atoms with van der Waals surface area (Å²) in [5.74, 6) is 0.129. The fourth-order valence-electron chi connectivity index (χ4n) is 2.99. The number of nitrogens with zero attached hydrogens (tertiary/aromatic N) is 2. The number of hydrogen-bond donors (Lipinski definition) is 0. The lowest BCUT2D eigenvalue weighted by molar-refractivity contribution is -0.129. The zero-order valence-corrected chi connectivity index (χ0v) is 18.2. The quantitative estimate of drug-likeness (QED) is 0.618. The average molecular weight is 443 g/mol. The molecule has 8 heteroatoms. The van der Waals surface area contributed by atoms with Crippen LogP contribution in [-0.4, -0.2) is 47.0 Å². The van der Waals surface area contributed by atoms with Gasteiger partial charge in [0.2, 0.25) is 5.91 Å². The standard InChI is InChI=1S/C19H20Cl2N2O2S2/c1-12-17(24)23(19(27-12)13-6-7-14(20)15(21)11-13)9-4-8-22(2)18(25)16-5-3-10-26-16/h3,5-7,10-12,19H,4,8-9H2,1-2H3. The molecule has 144 valence electrons. The highest BCUT2D eigenvalue weighted by molar-refractivity contribution is 8.01. The summed E-state index contributed by atoms with van der Waals surface area (Å²) in [6, 6.07) is 9.20. The molecular formula is C19H20Cl2N2O2S2. The number of benzene rings is 1. The van der Waals surface area contributed by atoms with Crippen LogP contribution in [0.4, 0.5) is 0 Å². The second-order valence-electron chi connectivity index (χ2n) is 6.39. The van der Waals surface area contributed by atoms with Crippen LogP contribution in [0.3, 0.4) is 0 Å². The zero-order chi connectivity index (χ0) is 19.6. The Kier molecular flexibility index (Phi) is 6.74. The molecule has 3 rings (SSSR count).